The van der Waals surface area contributed by atoms with Gasteiger partial charge in [-0.1, -0.05) is 0 Å². The molecule has 0 unspecified atom stereocenters. The van der Waals surface area contributed by atoms with Gasteiger partial charge in [-0.05, 0) is 34.1 Å². The monoisotopic (exact) mass is 356 g/mol. The van der Waals surface area contributed by atoms with Gasteiger partial charge in [0.15, 0.2) is 0 Å². The normalized spacial score (nSPS) is 15.0. The lowest BCUT2D eigenvalue weighted by molar-refractivity contribution is -0.198. The predicted molar refractivity (Wildman–Crippen MR) is 89.0 cm³/mol. The topological polar surface area (TPSA) is 93.2 Å². The van der Waals surface area contributed by atoms with Crippen molar-refractivity contribution in [3.05, 3.63) is 0 Å². The van der Waals surface area contributed by atoms with Crippen LogP contribution >= 0.6 is 0 Å². The maximum atomic E-state index is 11.8. The molecule has 0 bridgehead atoms. The predicted octanol–water partition coefficient (Wildman–Crippen LogP) is 1.43. The zero-order chi connectivity index (χ0) is 19.2. The molecule has 1 aliphatic rings. The van der Waals surface area contributed by atoms with Crippen molar-refractivity contribution < 1.29 is 28.8 Å². The van der Waals surface area contributed by atoms with E-state index in [1.807, 2.05) is 27.7 Å². The quantitative estimate of drug-likeness (QED) is 0.580. The van der Waals surface area contributed by atoms with Crippen LogP contribution in [0.15, 0.2) is 0 Å². The first-order valence-electron chi connectivity index (χ1n) is 8.51. The third kappa shape index (κ3) is 6.81. The van der Waals surface area contributed by atoms with Gasteiger partial charge in [0.05, 0.1) is 18.6 Å². The van der Waals surface area contributed by atoms with Crippen LogP contribution in [0.1, 0.15) is 60.3 Å². The number of ether oxygens (including phenoxy) is 1. The Hall–Kier alpha value is -1.96. The second-order valence-corrected chi connectivity index (χ2v) is 6.96. The van der Waals surface area contributed by atoms with Crippen molar-refractivity contribution >= 4 is 23.7 Å². The molecule has 0 aromatic heterocycles. The molecule has 1 saturated heterocycles. The first-order chi connectivity index (χ1) is 11.5. The zero-order valence-corrected chi connectivity index (χ0v) is 15.7. The summed E-state index contributed by atoms with van der Waals surface area (Å²) >= 11 is 0. The van der Waals surface area contributed by atoms with Crippen LogP contribution in [-0.2, 0) is 28.8 Å². The average Bonchev–Trinajstić information content (AvgIpc) is 2.81. The van der Waals surface area contributed by atoms with E-state index in [1.165, 1.54) is 6.92 Å². The van der Waals surface area contributed by atoms with E-state index < -0.39 is 23.4 Å². The van der Waals surface area contributed by atoms with Crippen LogP contribution in [0.3, 0.4) is 0 Å². The van der Waals surface area contributed by atoms with Gasteiger partial charge in [0.1, 0.15) is 0 Å². The van der Waals surface area contributed by atoms with Crippen LogP contribution in [0.25, 0.3) is 0 Å². The van der Waals surface area contributed by atoms with E-state index in [9.17, 15) is 19.2 Å². The lowest BCUT2D eigenvalue weighted by Gasteiger charge is -2.29. The molecule has 0 radical (unpaired) electrons. The lowest BCUT2D eigenvalue weighted by Crippen LogP contribution is -2.39. The number of nitrogens with zero attached hydrogens (tertiary/aromatic N) is 2. The summed E-state index contributed by atoms with van der Waals surface area (Å²) in [6.45, 7) is 9.87. The number of amides is 3. The molecule has 1 heterocycles. The van der Waals surface area contributed by atoms with Crippen LogP contribution in [0.2, 0.25) is 0 Å². The van der Waals surface area contributed by atoms with Crippen LogP contribution < -0.4 is 0 Å². The summed E-state index contributed by atoms with van der Waals surface area (Å²) < 4.78 is 5.77. The van der Waals surface area contributed by atoms with Gasteiger partial charge in [0.25, 0.3) is 11.8 Å². The van der Waals surface area contributed by atoms with Gasteiger partial charge in [-0.15, -0.1) is 5.06 Å². The van der Waals surface area contributed by atoms with Gasteiger partial charge in [0, 0.05) is 32.4 Å². The number of carbonyl (C=O) groups is 4. The molecule has 0 aliphatic carbocycles. The zero-order valence-electron chi connectivity index (χ0n) is 15.7. The minimum Gasteiger partial charge on any atom is -0.374 e. The summed E-state index contributed by atoms with van der Waals surface area (Å²) in [5, 5.41) is 0.545. The van der Waals surface area contributed by atoms with Crippen molar-refractivity contribution in [1.82, 2.24) is 9.96 Å². The summed E-state index contributed by atoms with van der Waals surface area (Å²) in [5.41, 5.74) is -0.600. The number of rotatable bonds is 9. The fourth-order valence-electron chi connectivity index (χ4n) is 2.48. The molecule has 142 valence electrons. The Kier molecular flexibility index (Phi) is 7.54. The minimum absolute atomic E-state index is 0.0140. The van der Waals surface area contributed by atoms with Crippen molar-refractivity contribution in [3.8, 4) is 0 Å². The second-order valence-electron chi connectivity index (χ2n) is 6.96. The minimum atomic E-state index is -0.646. The Morgan fingerprint density at radius 1 is 1.20 bits per heavy atom. The molecule has 0 atom stereocenters. The van der Waals surface area contributed by atoms with Gasteiger partial charge in [-0.25, -0.2) is 4.79 Å². The molecule has 25 heavy (non-hydrogen) atoms. The highest BCUT2D eigenvalue weighted by Crippen LogP contribution is 2.19. The third-order valence-corrected chi connectivity index (χ3v) is 3.98. The summed E-state index contributed by atoms with van der Waals surface area (Å²) in [4.78, 5) is 52.7. The van der Waals surface area contributed by atoms with Crippen LogP contribution in [-0.4, -0.2) is 58.4 Å². The molecule has 8 nitrogen and oxygen atoms in total. The summed E-state index contributed by atoms with van der Waals surface area (Å²) in [5.74, 6) is -1.65. The molecule has 0 N–H and O–H groups in total. The van der Waals surface area contributed by atoms with E-state index in [0.29, 0.717) is 24.6 Å². The highest BCUT2D eigenvalue weighted by atomic mass is 16.7. The molecule has 8 heteroatoms. The molecule has 3 amide bonds. The Balaban J connectivity index is 2.37. The first kappa shape index (κ1) is 21.1. The van der Waals surface area contributed by atoms with E-state index in [1.54, 1.807) is 4.90 Å². The van der Waals surface area contributed by atoms with Crippen molar-refractivity contribution in [3.63, 3.8) is 0 Å². The van der Waals surface area contributed by atoms with Crippen LogP contribution in [0.4, 0.5) is 0 Å². The van der Waals surface area contributed by atoms with Crippen LogP contribution in [0, 0.1) is 0 Å². The van der Waals surface area contributed by atoms with Crippen molar-refractivity contribution in [2.45, 2.75) is 71.9 Å². The van der Waals surface area contributed by atoms with Gasteiger partial charge < -0.3 is 14.5 Å². The summed E-state index contributed by atoms with van der Waals surface area (Å²) in [6, 6.07) is 0.0923. The first-order valence-corrected chi connectivity index (χ1v) is 8.51. The molecule has 0 aromatic carbocycles. The van der Waals surface area contributed by atoms with Crippen molar-refractivity contribution in [2.24, 2.45) is 0 Å². The molecule has 1 aliphatic heterocycles. The van der Waals surface area contributed by atoms with E-state index in [-0.39, 0.29) is 31.2 Å². The molecular formula is C17H28N2O6. The van der Waals surface area contributed by atoms with E-state index in [0.717, 1.165) is 0 Å². The van der Waals surface area contributed by atoms with Gasteiger partial charge >= 0.3 is 5.97 Å². The molecule has 0 aromatic rings. The average molecular weight is 356 g/mol. The highest BCUT2D eigenvalue weighted by molar-refractivity contribution is 6.01. The fraction of sp³-hybridized carbons (Fsp3) is 0.765. The van der Waals surface area contributed by atoms with Gasteiger partial charge in [-0.2, -0.15) is 0 Å². The standard InChI is InChI=1S/C17H28N2O6/c1-12(2)18(13(3)20)10-11-24-17(4,5)9-8-16(23)25-19-14(21)6-7-15(19)22/h12H,6-11H2,1-5H3. The number of hydrogen-bond acceptors (Lipinski definition) is 6. The maximum absolute atomic E-state index is 11.8. The molecule has 1 fully saturated rings. The lowest BCUT2D eigenvalue weighted by atomic mass is 10.0. The van der Waals surface area contributed by atoms with Crippen molar-refractivity contribution in [2.75, 3.05) is 13.2 Å². The number of hydroxylamine groups is 2. The van der Waals surface area contributed by atoms with Crippen LogP contribution in [0.5, 0.6) is 0 Å². The van der Waals surface area contributed by atoms with Crippen molar-refractivity contribution in [1.29, 1.82) is 0 Å². The molecule has 1 rings (SSSR count). The Morgan fingerprint density at radius 3 is 2.24 bits per heavy atom. The third-order valence-electron chi connectivity index (χ3n) is 3.98. The number of carbonyl (C=O) groups excluding carboxylic acids is 4. The molecule has 0 saturated carbocycles. The number of imide groups is 1. The molecule has 0 spiro atoms. The Morgan fingerprint density at radius 2 is 1.76 bits per heavy atom. The Labute approximate surface area is 148 Å². The number of hydrogen-bond donors (Lipinski definition) is 0. The molecular weight excluding hydrogens is 328 g/mol. The SMILES string of the molecule is CC(=O)N(CCOC(C)(C)CCC(=O)ON1C(=O)CCC1=O)C(C)C. The largest absolute Gasteiger partial charge is 0.374 e. The van der Waals surface area contributed by atoms with E-state index in [4.69, 9.17) is 9.57 Å². The maximum Gasteiger partial charge on any atom is 0.333 e. The summed E-state index contributed by atoms with van der Waals surface area (Å²) in [7, 11) is 0. The smallest absolute Gasteiger partial charge is 0.333 e. The highest BCUT2D eigenvalue weighted by Gasteiger charge is 2.33. The van der Waals surface area contributed by atoms with Gasteiger partial charge in [0.2, 0.25) is 5.91 Å². The van der Waals surface area contributed by atoms with E-state index >= 15 is 0 Å². The fourth-order valence-corrected chi connectivity index (χ4v) is 2.48. The van der Waals surface area contributed by atoms with Gasteiger partial charge in [-0.3, -0.25) is 14.4 Å². The summed E-state index contributed by atoms with van der Waals surface area (Å²) in [6.07, 6.45) is 0.529. The van der Waals surface area contributed by atoms with E-state index in [2.05, 4.69) is 0 Å². The second kappa shape index (κ2) is 8.94. The Bertz CT molecular complexity index is 513.